The molecule has 1 aromatic heterocycles. The maximum absolute atomic E-state index is 12.8. The van der Waals surface area contributed by atoms with Crippen LogP contribution < -0.4 is 0 Å². The molecule has 3 aliphatic rings. The zero-order valence-corrected chi connectivity index (χ0v) is 15.4. The topological polar surface area (TPSA) is 56.6 Å². The van der Waals surface area contributed by atoms with Crippen molar-refractivity contribution in [1.82, 2.24) is 14.7 Å². The second-order valence-electron chi connectivity index (χ2n) is 7.65. The monoisotopic (exact) mass is 359 g/mol. The molecule has 1 aliphatic carbocycles. The lowest BCUT2D eigenvalue weighted by molar-refractivity contribution is -0.129. The first-order chi connectivity index (χ1) is 12.8. The van der Waals surface area contributed by atoms with Gasteiger partial charge in [0.2, 0.25) is 5.91 Å². The molecule has 2 aliphatic heterocycles. The molecule has 6 nitrogen and oxygen atoms in total. The van der Waals surface area contributed by atoms with E-state index in [1.54, 1.807) is 0 Å². The van der Waals surface area contributed by atoms with E-state index in [9.17, 15) is 4.79 Å². The quantitative estimate of drug-likeness (QED) is 0.733. The van der Waals surface area contributed by atoms with E-state index in [-0.39, 0.29) is 11.9 Å². The highest BCUT2D eigenvalue weighted by Gasteiger charge is 2.30. The zero-order chi connectivity index (χ0) is 17.8. The van der Waals surface area contributed by atoms with Gasteiger partial charge in [0.25, 0.3) is 0 Å². The number of allylic oxidation sites excluding steroid dienone is 1. The van der Waals surface area contributed by atoms with Gasteiger partial charge in [-0.1, -0.05) is 6.08 Å². The second-order valence-corrected chi connectivity index (χ2v) is 7.65. The first-order valence-electron chi connectivity index (χ1n) is 9.97. The Labute approximate surface area is 155 Å². The molecule has 26 heavy (non-hydrogen) atoms. The number of amides is 1. The van der Waals surface area contributed by atoms with Crippen LogP contribution in [0.2, 0.25) is 0 Å². The highest BCUT2D eigenvalue weighted by Crippen LogP contribution is 2.27. The van der Waals surface area contributed by atoms with Crippen molar-refractivity contribution in [1.29, 1.82) is 0 Å². The molecule has 1 saturated heterocycles. The van der Waals surface area contributed by atoms with Crippen LogP contribution in [0.1, 0.15) is 50.3 Å². The third-order valence-corrected chi connectivity index (χ3v) is 5.77. The van der Waals surface area contributed by atoms with Gasteiger partial charge in [-0.25, -0.2) is 0 Å². The number of hydrogen-bond donors (Lipinski definition) is 0. The maximum atomic E-state index is 12.8. The number of hydrogen-bond acceptors (Lipinski definition) is 4. The van der Waals surface area contributed by atoms with Gasteiger partial charge < -0.3 is 14.4 Å². The lowest BCUT2D eigenvalue weighted by atomic mass is 10.0. The molecule has 1 amide bonds. The summed E-state index contributed by atoms with van der Waals surface area (Å²) in [6.45, 7) is 4.64. The molecule has 0 unspecified atom stereocenters. The van der Waals surface area contributed by atoms with Crippen molar-refractivity contribution in [3.05, 3.63) is 29.6 Å². The van der Waals surface area contributed by atoms with Gasteiger partial charge in [-0.05, 0) is 50.5 Å². The van der Waals surface area contributed by atoms with Gasteiger partial charge >= 0.3 is 0 Å². The maximum Gasteiger partial charge on any atom is 0.249 e. The molecule has 0 N–H and O–H groups in total. The molecule has 1 fully saturated rings. The van der Waals surface area contributed by atoms with Crippen molar-refractivity contribution >= 4 is 5.91 Å². The Bertz CT molecular complexity index is 648. The molecule has 1 aromatic rings. The fourth-order valence-electron chi connectivity index (χ4n) is 4.21. The molecule has 6 heteroatoms. The number of ether oxygens (including phenoxy) is 2. The average Bonchev–Trinajstić information content (AvgIpc) is 3.37. The van der Waals surface area contributed by atoms with Crippen LogP contribution in [-0.4, -0.2) is 53.6 Å². The summed E-state index contributed by atoms with van der Waals surface area (Å²) in [4.78, 5) is 14.8. The summed E-state index contributed by atoms with van der Waals surface area (Å²) in [5, 5.41) is 4.49. The highest BCUT2D eigenvalue weighted by atomic mass is 16.5. The summed E-state index contributed by atoms with van der Waals surface area (Å²) in [6.07, 6.45) is 10.1. The van der Waals surface area contributed by atoms with E-state index in [4.69, 9.17) is 9.47 Å². The number of aromatic nitrogens is 2. The van der Waals surface area contributed by atoms with E-state index < -0.39 is 0 Å². The minimum absolute atomic E-state index is 0.203. The highest BCUT2D eigenvalue weighted by molar-refractivity contribution is 5.93. The predicted molar refractivity (Wildman–Crippen MR) is 97.6 cm³/mol. The molecule has 0 saturated carbocycles. The number of carbonyl (C=O) groups is 1. The lowest BCUT2D eigenvalue weighted by Gasteiger charge is -2.34. The normalized spacial score (nSPS) is 23.8. The van der Waals surface area contributed by atoms with Crippen LogP contribution in [0.3, 0.4) is 0 Å². The molecule has 0 spiro atoms. The van der Waals surface area contributed by atoms with Gasteiger partial charge in [0, 0.05) is 44.7 Å². The van der Waals surface area contributed by atoms with Gasteiger partial charge in [-0.15, -0.1) is 0 Å². The Hall–Kier alpha value is -1.66. The fourth-order valence-corrected chi connectivity index (χ4v) is 4.21. The SMILES string of the molecule is O=C(C1=CCCC1)N1Cc2ccnn2[C@H](CCOCC2CCOCC2)C1. The Morgan fingerprint density at radius 3 is 3.04 bits per heavy atom. The number of fused-ring (bicyclic) bond motifs is 1. The van der Waals surface area contributed by atoms with Crippen LogP contribution in [0.4, 0.5) is 0 Å². The average molecular weight is 359 g/mol. The van der Waals surface area contributed by atoms with E-state index in [1.165, 1.54) is 0 Å². The van der Waals surface area contributed by atoms with Crippen LogP contribution in [0, 0.1) is 5.92 Å². The third-order valence-electron chi connectivity index (χ3n) is 5.77. The molecular weight excluding hydrogens is 330 g/mol. The van der Waals surface area contributed by atoms with Gasteiger partial charge in [0.05, 0.1) is 18.3 Å². The molecular formula is C20H29N3O3. The second kappa shape index (κ2) is 8.35. The zero-order valence-electron chi connectivity index (χ0n) is 15.4. The summed E-state index contributed by atoms with van der Waals surface area (Å²) in [6, 6.07) is 2.23. The first-order valence-corrected chi connectivity index (χ1v) is 9.97. The lowest BCUT2D eigenvalue weighted by Crippen LogP contribution is -2.42. The number of rotatable bonds is 6. The third kappa shape index (κ3) is 4.01. The summed E-state index contributed by atoms with van der Waals surface area (Å²) < 4.78 is 13.4. The van der Waals surface area contributed by atoms with Crippen molar-refractivity contribution in [2.75, 3.05) is 33.0 Å². The first kappa shape index (κ1) is 17.7. The van der Waals surface area contributed by atoms with E-state index in [0.29, 0.717) is 19.1 Å². The predicted octanol–water partition coefficient (Wildman–Crippen LogP) is 2.71. The van der Waals surface area contributed by atoms with Gasteiger partial charge in [0.1, 0.15) is 0 Å². The Kier molecular flexibility index (Phi) is 5.70. The molecule has 0 bridgehead atoms. The molecule has 0 aromatic carbocycles. The smallest absolute Gasteiger partial charge is 0.249 e. The van der Waals surface area contributed by atoms with Crippen molar-refractivity contribution in [3.8, 4) is 0 Å². The largest absolute Gasteiger partial charge is 0.381 e. The summed E-state index contributed by atoms with van der Waals surface area (Å²) in [5.41, 5.74) is 2.12. The van der Waals surface area contributed by atoms with Crippen molar-refractivity contribution in [2.24, 2.45) is 5.92 Å². The van der Waals surface area contributed by atoms with Crippen LogP contribution in [0.15, 0.2) is 23.9 Å². The standard InChI is InChI=1S/C20H29N3O3/c24-20(17-3-1-2-4-17)22-13-18-5-9-21-23(18)19(14-22)8-12-26-15-16-6-10-25-11-7-16/h3,5,9,16,19H,1-2,4,6-8,10-15H2/t19-/m1/s1. The van der Waals surface area contributed by atoms with E-state index in [1.807, 2.05) is 17.2 Å². The van der Waals surface area contributed by atoms with E-state index >= 15 is 0 Å². The fraction of sp³-hybridized carbons (Fsp3) is 0.700. The molecule has 1 atom stereocenters. The summed E-state index contributed by atoms with van der Waals surface area (Å²) in [7, 11) is 0. The van der Waals surface area contributed by atoms with Gasteiger partial charge in [-0.2, -0.15) is 5.10 Å². The minimum atomic E-state index is 0.203. The van der Waals surface area contributed by atoms with Gasteiger partial charge in [0.15, 0.2) is 0 Å². The Balaban J connectivity index is 1.32. The minimum Gasteiger partial charge on any atom is -0.381 e. The van der Waals surface area contributed by atoms with Crippen LogP contribution in [-0.2, 0) is 20.8 Å². The van der Waals surface area contributed by atoms with Crippen LogP contribution >= 0.6 is 0 Å². The van der Waals surface area contributed by atoms with E-state index in [2.05, 4.69) is 15.9 Å². The van der Waals surface area contributed by atoms with Crippen molar-refractivity contribution in [2.45, 2.75) is 51.1 Å². The number of nitrogens with zero attached hydrogens (tertiary/aromatic N) is 3. The van der Waals surface area contributed by atoms with Crippen molar-refractivity contribution < 1.29 is 14.3 Å². The Morgan fingerprint density at radius 2 is 2.23 bits per heavy atom. The summed E-state index contributed by atoms with van der Waals surface area (Å²) in [5.74, 6) is 0.839. The Morgan fingerprint density at radius 1 is 1.35 bits per heavy atom. The molecule has 4 rings (SSSR count). The summed E-state index contributed by atoms with van der Waals surface area (Å²) >= 11 is 0. The van der Waals surface area contributed by atoms with Gasteiger partial charge in [-0.3, -0.25) is 9.48 Å². The molecule has 142 valence electrons. The van der Waals surface area contributed by atoms with Crippen LogP contribution in [0.5, 0.6) is 0 Å². The van der Waals surface area contributed by atoms with E-state index in [0.717, 1.165) is 76.2 Å². The molecule has 0 radical (unpaired) electrons. The molecule has 3 heterocycles. The van der Waals surface area contributed by atoms with Crippen LogP contribution in [0.25, 0.3) is 0 Å². The van der Waals surface area contributed by atoms with Crippen molar-refractivity contribution in [3.63, 3.8) is 0 Å². The number of carbonyl (C=O) groups excluding carboxylic acids is 1.